The predicted molar refractivity (Wildman–Crippen MR) is 57.4 cm³/mol. The molecule has 0 atom stereocenters. The Labute approximate surface area is 96.9 Å². The number of carbonyl (C=O) groups is 2. The summed E-state index contributed by atoms with van der Waals surface area (Å²) in [6, 6.07) is 4.42. The third-order valence-corrected chi connectivity index (χ3v) is 2.11. The van der Waals surface area contributed by atoms with Gasteiger partial charge in [0.25, 0.3) is 0 Å². The molecule has 0 radical (unpaired) electrons. The Morgan fingerprint density at radius 1 is 1.33 bits per heavy atom. The molecule has 0 bridgehead atoms. The molecule has 1 rings (SSSR count). The van der Waals surface area contributed by atoms with Crippen LogP contribution in [-0.2, 0) is 9.53 Å². The molecule has 3 nitrogen and oxygen atoms in total. The number of Topliss-reactive ketones (excluding diaryl/α,β-unsaturated/α-hetero) is 1. The topological polar surface area (TPSA) is 43.4 Å². The van der Waals surface area contributed by atoms with Gasteiger partial charge in [0.05, 0.1) is 10.6 Å². The number of hydrogen-bond donors (Lipinski definition) is 0. The largest absolute Gasteiger partial charge is 0.454 e. The first-order valence-electron chi connectivity index (χ1n) is 4.12. The van der Waals surface area contributed by atoms with Gasteiger partial charge in [-0.2, -0.15) is 0 Å². The maximum atomic E-state index is 11.4. The minimum atomic E-state index is -0.633. The fourth-order valence-electron chi connectivity index (χ4n) is 0.900. The summed E-state index contributed by atoms with van der Waals surface area (Å²) in [4.78, 5) is 22.0. The van der Waals surface area contributed by atoms with E-state index in [1.807, 2.05) is 0 Å². The van der Waals surface area contributed by atoms with E-state index in [1.54, 1.807) is 0 Å². The molecule has 1 aromatic carbocycles. The van der Waals surface area contributed by atoms with Crippen LogP contribution < -0.4 is 0 Å². The maximum absolute atomic E-state index is 11.4. The van der Waals surface area contributed by atoms with Crippen molar-refractivity contribution in [3.05, 3.63) is 33.8 Å². The van der Waals surface area contributed by atoms with Crippen LogP contribution in [0.3, 0.4) is 0 Å². The summed E-state index contributed by atoms with van der Waals surface area (Å²) in [6.07, 6.45) is 0. The van der Waals surface area contributed by atoms with Crippen LogP contribution in [-0.4, -0.2) is 18.4 Å². The Bertz CT molecular complexity index is 402. The van der Waals surface area contributed by atoms with E-state index in [9.17, 15) is 9.59 Å². The molecule has 0 spiro atoms. The Morgan fingerprint density at radius 3 is 2.53 bits per heavy atom. The van der Waals surface area contributed by atoms with E-state index in [0.29, 0.717) is 5.02 Å². The second-order valence-corrected chi connectivity index (χ2v) is 3.75. The van der Waals surface area contributed by atoms with Crippen LogP contribution in [0, 0.1) is 0 Å². The minimum absolute atomic E-state index is 0.197. The second-order valence-electron chi connectivity index (χ2n) is 2.90. The highest BCUT2D eigenvalue weighted by atomic mass is 35.5. The molecule has 0 heterocycles. The second kappa shape index (κ2) is 5.14. The van der Waals surface area contributed by atoms with Gasteiger partial charge >= 0.3 is 5.97 Å². The van der Waals surface area contributed by atoms with Crippen LogP contribution >= 0.6 is 23.2 Å². The summed E-state index contributed by atoms with van der Waals surface area (Å²) in [6.45, 7) is 1.08. The molecular weight excluding hydrogens is 239 g/mol. The molecule has 0 amide bonds. The molecule has 0 unspecified atom stereocenters. The first-order chi connectivity index (χ1) is 7.00. The van der Waals surface area contributed by atoms with Gasteiger partial charge in [-0.05, 0) is 25.1 Å². The number of rotatable bonds is 3. The van der Waals surface area contributed by atoms with E-state index in [2.05, 4.69) is 0 Å². The molecule has 0 aliphatic heterocycles. The van der Waals surface area contributed by atoms with Gasteiger partial charge in [-0.15, -0.1) is 0 Å². The lowest BCUT2D eigenvalue weighted by Crippen LogP contribution is -2.11. The van der Waals surface area contributed by atoms with Crippen molar-refractivity contribution in [2.45, 2.75) is 6.92 Å². The lowest BCUT2D eigenvalue weighted by Gasteiger charge is -2.04. The zero-order chi connectivity index (χ0) is 11.4. The molecule has 1 aromatic rings. The van der Waals surface area contributed by atoms with Crippen molar-refractivity contribution in [2.24, 2.45) is 0 Å². The number of halogens is 2. The predicted octanol–water partition coefficient (Wildman–Crippen LogP) is 2.74. The smallest absolute Gasteiger partial charge is 0.340 e. The Balaban J connectivity index is 2.78. The summed E-state index contributed by atoms with van der Waals surface area (Å²) >= 11 is 11.4. The molecule has 15 heavy (non-hydrogen) atoms. The zero-order valence-corrected chi connectivity index (χ0v) is 9.43. The average molecular weight is 247 g/mol. The average Bonchev–Trinajstić information content (AvgIpc) is 2.14. The highest BCUT2D eigenvalue weighted by molar-refractivity contribution is 6.36. The molecule has 80 valence electrons. The van der Waals surface area contributed by atoms with Crippen LogP contribution in [0.5, 0.6) is 0 Å². The number of hydrogen-bond acceptors (Lipinski definition) is 3. The molecule has 0 N–H and O–H groups in total. The van der Waals surface area contributed by atoms with Crippen molar-refractivity contribution in [3.8, 4) is 0 Å². The number of ketones is 1. The summed E-state index contributed by atoms with van der Waals surface area (Å²) < 4.78 is 4.69. The van der Waals surface area contributed by atoms with Gasteiger partial charge in [0.1, 0.15) is 6.61 Å². The van der Waals surface area contributed by atoms with Gasteiger partial charge in [-0.3, -0.25) is 4.79 Å². The Morgan fingerprint density at radius 2 is 2.00 bits per heavy atom. The molecular formula is C10H8Cl2O3. The monoisotopic (exact) mass is 246 g/mol. The van der Waals surface area contributed by atoms with Crippen molar-refractivity contribution in [2.75, 3.05) is 6.61 Å². The van der Waals surface area contributed by atoms with E-state index in [1.165, 1.54) is 25.1 Å². The van der Waals surface area contributed by atoms with Gasteiger partial charge in [0.15, 0.2) is 5.78 Å². The number of benzene rings is 1. The van der Waals surface area contributed by atoms with Gasteiger partial charge in [-0.1, -0.05) is 23.2 Å². The lowest BCUT2D eigenvalue weighted by atomic mass is 10.2. The quantitative estimate of drug-likeness (QED) is 0.771. The fraction of sp³-hybridized carbons (Fsp3) is 0.200. The van der Waals surface area contributed by atoms with E-state index < -0.39 is 5.97 Å². The van der Waals surface area contributed by atoms with E-state index in [-0.39, 0.29) is 23.0 Å². The first kappa shape index (κ1) is 12.0. The van der Waals surface area contributed by atoms with Crippen molar-refractivity contribution in [1.82, 2.24) is 0 Å². The maximum Gasteiger partial charge on any atom is 0.340 e. The summed E-state index contributed by atoms with van der Waals surface area (Å²) in [5.41, 5.74) is 0.197. The van der Waals surface area contributed by atoms with Crippen LogP contribution in [0.1, 0.15) is 17.3 Å². The molecule has 0 fully saturated rings. The fourth-order valence-corrected chi connectivity index (χ4v) is 1.39. The van der Waals surface area contributed by atoms with Crippen LogP contribution in [0.25, 0.3) is 0 Å². The van der Waals surface area contributed by atoms with E-state index >= 15 is 0 Å². The van der Waals surface area contributed by atoms with E-state index in [4.69, 9.17) is 27.9 Å². The highest BCUT2D eigenvalue weighted by Crippen LogP contribution is 2.21. The van der Waals surface area contributed by atoms with Gasteiger partial charge in [-0.25, -0.2) is 4.79 Å². The molecule has 0 saturated carbocycles. The van der Waals surface area contributed by atoms with Gasteiger partial charge in [0.2, 0.25) is 0 Å². The lowest BCUT2D eigenvalue weighted by molar-refractivity contribution is -0.120. The number of esters is 1. The first-order valence-corrected chi connectivity index (χ1v) is 4.88. The third kappa shape index (κ3) is 3.53. The van der Waals surface area contributed by atoms with Crippen molar-refractivity contribution in [3.63, 3.8) is 0 Å². The third-order valence-electron chi connectivity index (χ3n) is 1.56. The normalized spacial score (nSPS) is 9.80. The highest BCUT2D eigenvalue weighted by Gasteiger charge is 2.12. The Hall–Kier alpha value is -1.06. The number of ether oxygens (including phenoxy) is 1. The van der Waals surface area contributed by atoms with Crippen LogP contribution in [0.4, 0.5) is 0 Å². The molecule has 0 aliphatic rings. The van der Waals surface area contributed by atoms with Crippen molar-refractivity contribution < 1.29 is 14.3 Å². The summed E-state index contributed by atoms with van der Waals surface area (Å²) in [7, 11) is 0. The minimum Gasteiger partial charge on any atom is -0.454 e. The van der Waals surface area contributed by atoms with Crippen LogP contribution in [0.15, 0.2) is 18.2 Å². The van der Waals surface area contributed by atoms with Crippen molar-refractivity contribution in [1.29, 1.82) is 0 Å². The summed E-state index contributed by atoms with van der Waals surface area (Å²) in [5, 5.41) is 0.638. The molecule has 0 saturated heterocycles. The molecule has 0 aliphatic carbocycles. The van der Waals surface area contributed by atoms with Crippen LogP contribution in [0.2, 0.25) is 10.0 Å². The molecule has 5 heteroatoms. The van der Waals surface area contributed by atoms with Crippen molar-refractivity contribution >= 4 is 35.0 Å². The Kier molecular flexibility index (Phi) is 4.12. The summed E-state index contributed by atoms with van der Waals surface area (Å²) in [5.74, 6) is -0.861. The zero-order valence-electron chi connectivity index (χ0n) is 7.92. The van der Waals surface area contributed by atoms with E-state index in [0.717, 1.165) is 0 Å². The standard InChI is InChI=1S/C10H8Cl2O3/c1-6(13)5-15-10(14)8-3-2-7(11)4-9(8)12/h2-4H,5H2,1H3. The molecule has 0 aromatic heterocycles. The van der Waals surface area contributed by atoms with Gasteiger partial charge in [0, 0.05) is 5.02 Å². The van der Waals surface area contributed by atoms with Gasteiger partial charge < -0.3 is 4.74 Å². The number of carbonyl (C=O) groups excluding carboxylic acids is 2. The SMILES string of the molecule is CC(=O)COC(=O)c1ccc(Cl)cc1Cl.